The Morgan fingerprint density at radius 1 is 0.974 bits per heavy atom. The number of fused-ring (bicyclic) bond motifs is 1. The van der Waals surface area contributed by atoms with E-state index in [2.05, 4.69) is 68.8 Å². The summed E-state index contributed by atoms with van der Waals surface area (Å²) in [4.78, 5) is 24.4. The number of benzene rings is 3. The van der Waals surface area contributed by atoms with E-state index in [1.165, 1.54) is 12.5 Å². The molecule has 0 fully saturated rings. The summed E-state index contributed by atoms with van der Waals surface area (Å²) >= 11 is 0. The van der Waals surface area contributed by atoms with Crippen LogP contribution in [0.4, 0.5) is 0 Å². The van der Waals surface area contributed by atoms with Crippen LogP contribution in [-0.4, -0.2) is 27.7 Å². The Balaban J connectivity index is 1.54. The van der Waals surface area contributed by atoms with Crippen molar-refractivity contribution in [2.75, 3.05) is 0 Å². The number of aryl methyl sites for hydroxylation is 1. The van der Waals surface area contributed by atoms with Crippen molar-refractivity contribution in [3.05, 3.63) is 100 Å². The molecule has 0 aliphatic heterocycles. The fourth-order valence-electron chi connectivity index (χ4n) is 4.78. The number of carbonyl (C=O) groups is 2. The van der Waals surface area contributed by atoms with Crippen molar-refractivity contribution in [3.63, 3.8) is 0 Å². The molecule has 0 spiro atoms. The normalized spacial score (nSPS) is 13.2. The molecule has 3 aromatic carbocycles. The van der Waals surface area contributed by atoms with Crippen LogP contribution in [0, 0.1) is 13.8 Å². The van der Waals surface area contributed by atoms with Gasteiger partial charge in [-0.3, -0.25) is 4.79 Å². The molecular weight excluding hydrogens is 488 g/mol. The average molecular weight is 527 g/mol. The van der Waals surface area contributed by atoms with Crippen LogP contribution in [0.25, 0.3) is 10.9 Å². The van der Waals surface area contributed by atoms with E-state index < -0.39 is 12.1 Å². The molecule has 0 unspecified atom stereocenters. The monoisotopic (exact) mass is 526 g/mol. The van der Waals surface area contributed by atoms with Gasteiger partial charge in [-0.15, -0.1) is 0 Å². The van der Waals surface area contributed by atoms with Crippen LogP contribution in [0.2, 0.25) is 0 Å². The molecule has 1 aromatic heterocycles. The van der Waals surface area contributed by atoms with Gasteiger partial charge in [0.2, 0.25) is 0 Å². The molecule has 0 saturated carbocycles. The van der Waals surface area contributed by atoms with E-state index in [1.807, 2.05) is 43.3 Å². The van der Waals surface area contributed by atoms with Crippen molar-refractivity contribution in [3.8, 4) is 5.75 Å². The van der Waals surface area contributed by atoms with Crippen molar-refractivity contribution in [2.24, 2.45) is 0 Å². The predicted octanol–water partition coefficient (Wildman–Crippen LogP) is 6.95. The molecule has 0 aliphatic rings. The maximum absolute atomic E-state index is 13.2. The maximum Gasteiger partial charge on any atom is 0.344 e. The second-order valence-corrected chi connectivity index (χ2v) is 11.3. The third-order valence-corrected chi connectivity index (χ3v) is 7.43. The van der Waals surface area contributed by atoms with E-state index in [4.69, 9.17) is 9.84 Å². The molecule has 1 amide bonds. The summed E-state index contributed by atoms with van der Waals surface area (Å²) in [6.45, 7) is 14.8. The van der Waals surface area contributed by atoms with Gasteiger partial charge in [0.25, 0.3) is 5.91 Å². The summed E-state index contributed by atoms with van der Waals surface area (Å²) in [5.74, 6) is -0.586. The molecule has 0 saturated heterocycles. The summed E-state index contributed by atoms with van der Waals surface area (Å²) < 4.78 is 7.76. The number of ether oxygens (including phenoxy) is 1. The zero-order valence-electron chi connectivity index (χ0n) is 23.8. The van der Waals surface area contributed by atoms with Crippen molar-refractivity contribution in [2.45, 2.75) is 72.6 Å². The summed E-state index contributed by atoms with van der Waals surface area (Å²) in [5, 5.41) is 13.3. The molecule has 0 aliphatic carbocycles. The van der Waals surface area contributed by atoms with Gasteiger partial charge in [-0.05, 0) is 85.7 Å². The van der Waals surface area contributed by atoms with Crippen molar-refractivity contribution < 1.29 is 19.4 Å². The maximum atomic E-state index is 13.2. The van der Waals surface area contributed by atoms with Gasteiger partial charge in [-0.1, -0.05) is 57.2 Å². The second-order valence-electron chi connectivity index (χ2n) is 11.3. The predicted molar refractivity (Wildman–Crippen MR) is 156 cm³/mol. The van der Waals surface area contributed by atoms with Crippen LogP contribution in [0.5, 0.6) is 5.75 Å². The summed E-state index contributed by atoms with van der Waals surface area (Å²) in [5.41, 5.74) is 7.31. The lowest BCUT2D eigenvalue weighted by Crippen LogP contribution is -2.26. The first-order chi connectivity index (χ1) is 18.3. The summed E-state index contributed by atoms with van der Waals surface area (Å²) in [6, 6.07) is 21.7. The minimum Gasteiger partial charge on any atom is -0.479 e. The SMILES string of the molecule is Cc1c(C)n(Cc2cccc(O[C@H](C)C(=O)O)c2)c2ccc(C(=O)N[C@@H](C)c3ccc(C(C)(C)C)cc3)cc12. The highest BCUT2D eigenvalue weighted by atomic mass is 16.5. The van der Waals surface area contributed by atoms with E-state index in [9.17, 15) is 9.59 Å². The van der Waals surface area contributed by atoms with Crippen LogP contribution in [-0.2, 0) is 16.8 Å². The second kappa shape index (κ2) is 11.0. The standard InChI is InChI=1S/C33H38N2O4/c1-20-22(3)35(19-24-9-8-10-28(17-24)39-23(4)32(37)38)30-16-13-26(18-29(20)30)31(36)34-21(2)25-11-14-27(15-12-25)33(5,6)7/h8-18,21,23H,19H2,1-7H3,(H,34,36)(H,37,38)/t21-,23+/m0/s1. The Morgan fingerprint density at radius 3 is 2.31 bits per heavy atom. The molecule has 6 nitrogen and oxygen atoms in total. The van der Waals surface area contributed by atoms with Gasteiger partial charge >= 0.3 is 5.97 Å². The van der Waals surface area contributed by atoms with Crippen molar-refractivity contribution in [1.82, 2.24) is 9.88 Å². The summed E-state index contributed by atoms with van der Waals surface area (Å²) in [6.07, 6.45) is -0.924. The topological polar surface area (TPSA) is 80.6 Å². The largest absolute Gasteiger partial charge is 0.479 e. The number of carboxylic acids is 1. The zero-order chi connectivity index (χ0) is 28.5. The molecule has 2 atom stereocenters. The highest BCUT2D eigenvalue weighted by Crippen LogP contribution is 2.29. The molecule has 4 rings (SSSR count). The lowest BCUT2D eigenvalue weighted by Gasteiger charge is -2.21. The molecule has 4 aromatic rings. The summed E-state index contributed by atoms with van der Waals surface area (Å²) in [7, 11) is 0. The van der Waals surface area contributed by atoms with Gasteiger partial charge < -0.3 is 19.7 Å². The van der Waals surface area contributed by atoms with Gasteiger partial charge in [0.05, 0.1) is 6.04 Å². The third-order valence-electron chi connectivity index (χ3n) is 7.43. The van der Waals surface area contributed by atoms with Gasteiger partial charge in [-0.25, -0.2) is 4.79 Å². The lowest BCUT2D eigenvalue weighted by molar-refractivity contribution is -0.144. The van der Waals surface area contributed by atoms with Crippen LogP contribution < -0.4 is 10.1 Å². The molecule has 0 radical (unpaired) electrons. The van der Waals surface area contributed by atoms with E-state index >= 15 is 0 Å². The number of nitrogens with one attached hydrogen (secondary N) is 1. The van der Waals surface area contributed by atoms with Crippen molar-refractivity contribution in [1.29, 1.82) is 0 Å². The fraction of sp³-hybridized carbons (Fsp3) is 0.333. The van der Waals surface area contributed by atoms with E-state index in [0.29, 0.717) is 17.9 Å². The van der Waals surface area contributed by atoms with Gasteiger partial charge in [0.1, 0.15) is 5.75 Å². The lowest BCUT2D eigenvalue weighted by atomic mass is 9.86. The Hall–Kier alpha value is -4.06. The van der Waals surface area contributed by atoms with E-state index in [0.717, 1.165) is 33.3 Å². The number of aromatic nitrogens is 1. The quantitative estimate of drug-likeness (QED) is 0.260. The third kappa shape index (κ3) is 6.17. The number of nitrogens with zero attached hydrogens (tertiary/aromatic N) is 1. The van der Waals surface area contributed by atoms with Crippen LogP contribution in [0.3, 0.4) is 0 Å². The molecule has 0 bridgehead atoms. The highest BCUT2D eigenvalue weighted by molar-refractivity contribution is 5.99. The van der Waals surface area contributed by atoms with Crippen molar-refractivity contribution >= 4 is 22.8 Å². The Bertz CT molecular complexity index is 1510. The van der Waals surface area contributed by atoms with Crippen LogP contribution in [0.15, 0.2) is 66.7 Å². The smallest absolute Gasteiger partial charge is 0.344 e. The van der Waals surface area contributed by atoms with Gasteiger partial charge in [0, 0.05) is 28.7 Å². The highest BCUT2D eigenvalue weighted by Gasteiger charge is 2.18. The molecule has 2 N–H and O–H groups in total. The number of carboxylic acid groups (broad SMARTS) is 1. The molecule has 204 valence electrons. The Kier molecular flexibility index (Phi) is 7.86. The first-order valence-electron chi connectivity index (χ1n) is 13.3. The zero-order valence-corrected chi connectivity index (χ0v) is 23.8. The number of rotatable bonds is 8. The van der Waals surface area contributed by atoms with Crippen LogP contribution >= 0.6 is 0 Å². The first kappa shape index (κ1) is 28.0. The molecule has 39 heavy (non-hydrogen) atoms. The number of hydrogen-bond donors (Lipinski definition) is 2. The van der Waals surface area contributed by atoms with Gasteiger partial charge in [0.15, 0.2) is 6.10 Å². The van der Waals surface area contributed by atoms with E-state index in [-0.39, 0.29) is 17.4 Å². The Labute approximate surface area is 230 Å². The number of amides is 1. The first-order valence-corrected chi connectivity index (χ1v) is 13.3. The minimum absolute atomic E-state index is 0.0856. The Morgan fingerprint density at radius 2 is 1.67 bits per heavy atom. The van der Waals surface area contributed by atoms with Gasteiger partial charge in [-0.2, -0.15) is 0 Å². The molecule has 6 heteroatoms. The van der Waals surface area contributed by atoms with Crippen LogP contribution in [0.1, 0.15) is 79.0 Å². The number of hydrogen-bond acceptors (Lipinski definition) is 3. The minimum atomic E-state index is -1.00. The average Bonchev–Trinajstić information content (AvgIpc) is 3.12. The molecule has 1 heterocycles. The number of carbonyl (C=O) groups excluding carboxylic acids is 1. The fourth-order valence-corrected chi connectivity index (χ4v) is 4.78. The number of aliphatic carboxylic acids is 1. The van der Waals surface area contributed by atoms with E-state index in [1.54, 1.807) is 6.07 Å². The molecular formula is C33H38N2O4.